The molecular formula is C13H17ClN2. The second-order valence-corrected chi connectivity index (χ2v) is 4.48. The maximum absolute atomic E-state index is 6.05. The standard InChI is InChI=1S/C13H17ClN2/c1-3-6-16-9-10(8-15-2)12-5-4-11(14)7-13(12)16/h4-5,7,9,15H,3,6,8H2,1-2H3. The van der Waals surface area contributed by atoms with E-state index in [1.54, 1.807) is 0 Å². The van der Waals surface area contributed by atoms with E-state index in [-0.39, 0.29) is 0 Å². The van der Waals surface area contributed by atoms with Gasteiger partial charge in [-0.15, -0.1) is 0 Å². The molecule has 0 aliphatic heterocycles. The molecule has 0 aliphatic rings. The zero-order chi connectivity index (χ0) is 11.5. The summed E-state index contributed by atoms with van der Waals surface area (Å²) in [6, 6.07) is 6.11. The van der Waals surface area contributed by atoms with Gasteiger partial charge in [0.25, 0.3) is 0 Å². The number of fused-ring (bicyclic) bond motifs is 1. The number of nitrogens with one attached hydrogen (secondary N) is 1. The van der Waals surface area contributed by atoms with Crippen molar-refractivity contribution < 1.29 is 0 Å². The van der Waals surface area contributed by atoms with Crippen LogP contribution in [0.1, 0.15) is 18.9 Å². The highest BCUT2D eigenvalue weighted by Gasteiger charge is 2.07. The molecule has 0 amide bonds. The Morgan fingerprint density at radius 1 is 1.38 bits per heavy atom. The van der Waals surface area contributed by atoms with Crippen molar-refractivity contribution in [3.63, 3.8) is 0 Å². The van der Waals surface area contributed by atoms with Gasteiger partial charge in [0.2, 0.25) is 0 Å². The van der Waals surface area contributed by atoms with Gasteiger partial charge in [0.05, 0.1) is 0 Å². The number of halogens is 1. The molecule has 86 valence electrons. The van der Waals surface area contributed by atoms with Crippen LogP contribution in [0, 0.1) is 0 Å². The predicted molar refractivity (Wildman–Crippen MR) is 70.0 cm³/mol. The van der Waals surface area contributed by atoms with Crippen LogP contribution in [-0.2, 0) is 13.1 Å². The van der Waals surface area contributed by atoms with Crippen LogP contribution in [0.25, 0.3) is 10.9 Å². The Hall–Kier alpha value is -0.990. The minimum absolute atomic E-state index is 0.805. The van der Waals surface area contributed by atoms with Crippen molar-refractivity contribution in [3.05, 3.63) is 35.0 Å². The van der Waals surface area contributed by atoms with E-state index >= 15 is 0 Å². The molecule has 1 aromatic heterocycles. The summed E-state index contributed by atoms with van der Waals surface area (Å²) in [5, 5.41) is 5.30. The maximum atomic E-state index is 6.05. The molecular weight excluding hydrogens is 220 g/mol. The molecule has 0 saturated carbocycles. The van der Waals surface area contributed by atoms with E-state index in [1.807, 2.05) is 19.2 Å². The number of nitrogens with zero attached hydrogens (tertiary/aromatic N) is 1. The lowest BCUT2D eigenvalue weighted by atomic mass is 10.2. The zero-order valence-corrected chi connectivity index (χ0v) is 10.5. The first-order chi connectivity index (χ1) is 7.76. The first-order valence-corrected chi connectivity index (χ1v) is 6.06. The Morgan fingerprint density at radius 3 is 2.88 bits per heavy atom. The van der Waals surface area contributed by atoms with Crippen molar-refractivity contribution in [3.8, 4) is 0 Å². The number of rotatable bonds is 4. The average molecular weight is 237 g/mol. The summed E-state index contributed by atoms with van der Waals surface area (Å²) in [4.78, 5) is 0. The van der Waals surface area contributed by atoms with Gasteiger partial charge in [-0.2, -0.15) is 0 Å². The summed E-state index contributed by atoms with van der Waals surface area (Å²) in [6.07, 6.45) is 3.36. The number of aryl methyl sites for hydroxylation is 1. The second kappa shape index (κ2) is 4.89. The Kier molecular flexibility index (Phi) is 3.52. The van der Waals surface area contributed by atoms with Gasteiger partial charge >= 0.3 is 0 Å². The van der Waals surface area contributed by atoms with Gasteiger partial charge in [-0.25, -0.2) is 0 Å². The van der Waals surface area contributed by atoms with Crippen LogP contribution in [0.15, 0.2) is 24.4 Å². The van der Waals surface area contributed by atoms with Crippen molar-refractivity contribution in [1.82, 2.24) is 9.88 Å². The minimum Gasteiger partial charge on any atom is -0.347 e. The van der Waals surface area contributed by atoms with Crippen molar-refractivity contribution in [2.75, 3.05) is 7.05 Å². The molecule has 0 aliphatic carbocycles. The Morgan fingerprint density at radius 2 is 2.19 bits per heavy atom. The predicted octanol–water partition coefficient (Wildman–Crippen LogP) is 3.42. The largest absolute Gasteiger partial charge is 0.347 e. The normalized spacial score (nSPS) is 11.2. The molecule has 0 atom stereocenters. The first kappa shape index (κ1) is 11.5. The van der Waals surface area contributed by atoms with E-state index in [0.717, 1.165) is 24.5 Å². The highest BCUT2D eigenvalue weighted by atomic mass is 35.5. The van der Waals surface area contributed by atoms with Crippen LogP contribution in [-0.4, -0.2) is 11.6 Å². The number of hydrogen-bond donors (Lipinski definition) is 1. The third kappa shape index (κ3) is 2.08. The van der Waals surface area contributed by atoms with E-state index in [2.05, 4.69) is 29.1 Å². The van der Waals surface area contributed by atoms with Gasteiger partial charge in [-0.1, -0.05) is 24.6 Å². The van der Waals surface area contributed by atoms with Crippen LogP contribution in [0.5, 0.6) is 0 Å². The van der Waals surface area contributed by atoms with E-state index in [0.29, 0.717) is 0 Å². The van der Waals surface area contributed by atoms with Gasteiger partial charge in [0.15, 0.2) is 0 Å². The molecule has 0 spiro atoms. The molecule has 2 nitrogen and oxygen atoms in total. The minimum atomic E-state index is 0.805. The lowest BCUT2D eigenvalue weighted by molar-refractivity contribution is 0.697. The number of benzene rings is 1. The summed E-state index contributed by atoms with van der Waals surface area (Å²) < 4.78 is 2.29. The van der Waals surface area contributed by atoms with Crippen LogP contribution >= 0.6 is 11.6 Å². The van der Waals surface area contributed by atoms with E-state index in [4.69, 9.17) is 11.6 Å². The number of aromatic nitrogens is 1. The van der Waals surface area contributed by atoms with Gasteiger partial charge < -0.3 is 9.88 Å². The highest BCUT2D eigenvalue weighted by molar-refractivity contribution is 6.31. The third-order valence-corrected chi connectivity index (χ3v) is 2.99. The van der Waals surface area contributed by atoms with Crippen molar-refractivity contribution in [2.45, 2.75) is 26.4 Å². The van der Waals surface area contributed by atoms with Gasteiger partial charge in [-0.3, -0.25) is 0 Å². The zero-order valence-electron chi connectivity index (χ0n) is 9.76. The molecule has 3 heteroatoms. The fourth-order valence-electron chi connectivity index (χ4n) is 2.10. The third-order valence-electron chi connectivity index (χ3n) is 2.76. The monoisotopic (exact) mass is 236 g/mol. The first-order valence-electron chi connectivity index (χ1n) is 5.68. The van der Waals surface area contributed by atoms with Crippen molar-refractivity contribution in [1.29, 1.82) is 0 Å². The fourth-order valence-corrected chi connectivity index (χ4v) is 2.26. The molecule has 0 unspecified atom stereocenters. The topological polar surface area (TPSA) is 17.0 Å². The molecule has 1 N–H and O–H groups in total. The van der Waals surface area contributed by atoms with Gasteiger partial charge in [0.1, 0.15) is 0 Å². The molecule has 0 bridgehead atoms. The molecule has 0 saturated heterocycles. The molecule has 2 rings (SSSR count). The fraction of sp³-hybridized carbons (Fsp3) is 0.385. The van der Waals surface area contributed by atoms with Crippen LogP contribution in [0.4, 0.5) is 0 Å². The summed E-state index contributed by atoms with van der Waals surface area (Å²) in [6.45, 7) is 4.13. The lowest BCUT2D eigenvalue weighted by Gasteiger charge is -2.02. The molecule has 0 fully saturated rings. The smallest absolute Gasteiger partial charge is 0.0498 e. The second-order valence-electron chi connectivity index (χ2n) is 4.04. The average Bonchev–Trinajstić information content (AvgIpc) is 2.58. The Labute approximate surface area is 101 Å². The quantitative estimate of drug-likeness (QED) is 0.861. The Bertz CT molecular complexity index is 488. The SMILES string of the molecule is CCCn1cc(CNC)c2ccc(Cl)cc21. The van der Waals surface area contributed by atoms with Gasteiger partial charge in [0, 0.05) is 35.2 Å². The van der Waals surface area contributed by atoms with Crippen LogP contribution in [0.3, 0.4) is 0 Å². The van der Waals surface area contributed by atoms with Crippen molar-refractivity contribution in [2.24, 2.45) is 0 Å². The number of hydrogen-bond acceptors (Lipinski definition) is 1. The van der Waals surface area contributed by atoms with E-state index in [1.165, 1.54) is 16.5 Å². The molecule has 2 aromatic rings. The van der Waals surface area contributed by atoms with Crippen LogP contribution < -0.4 is 5.32 Å². The Balaban J connectivity index is 2.56. The summed E-state index contributed by atoms with van der Waals surface area (Å²) in [5.41, 5.74) is 2.57. The lowest BCUT2D eigenvalue weighted by Crippen LogP contribution is -2.04. The summed E-state index contributed by atoms with van der Waals surface area (Å²) >= 11 is 6.05. The van der Waals surface area contributed by atoms with Gasteiger partial charge in [-0.05, 0) is 31.2 Å². The highest BCUT2D eigenvalue weighted by Crippen LogP contribution is 2.25. The van der Waals surface area contributed by atoms with E-state index < -0.39 is 0 Å². The maximum Gasteiger partial charge on any atom is 0.0498 e. The summed E-state index contributed by atoms with van der Waals surface area (Å²) in [5.74, 6) is 0. The van der Waals surface area contributed by atoms with Crippen LogP contribution in [0.2, 0.25) is 5.02 Å². The van der Waals surface area contributed by atoms with Crippen molar-refractivity contribution >= 4 is 22.5 Å². The van der Waals surface area contributed by atoms with E-state index in [9.17, 15) is 0 Å². The molecule has 1 heterocycles. The molecule has 16 heavy (non-hydrogen) atoms. The summed E-state index contributed by atoms with van der Waals surface area (Å²) in [7, 11) is 1.97. The molecule has 0 radical (unpaired) electrons. The molecule has 1 aromatic carbocycles.